The third-order valence-corrected chi connectivity index (χ3v) is 4.09. The van der Waals surface area contributed by atoms with Crippen molar-refractivity contribution in [2.75, 3.05) is 26.3 Å². The molecule has 1 atom stereocenters. The smallest absolute Gasteiger partial charge is 0.119 e. The maximum Gasteiger partial charge on any atom is 0.119 e. The average molecular weight is 293 g/mol. The normalized spacial score (nSPS) is 20.5. The third kappa shape index (κ3) is 4.99. The molecule has 0 radical (unpaired) electrons. The van der Waals surface area contributed by atoms with Gasteiger partial charge in [-0.3, -0.25) is 9.29 Å². The lowest BCUT2D eigenvalue weighted by Crippen LogP contribution is -2.41. The van der Waals surface area contributed by atoms with Crippen LogP contribution in [0.1, 0.15) is 45.6 Å². The number of likely N-dealkylation sites (tertiary alicyclic amines) is 1. The minimum absolute atomic E-state index is 0.173. The number of hydrogen-bond acceptors (Lipinski definition) is 2. The topological polar surface area (TPSA) is 12.5 Å². The molecule has 0 spiro atoms. The molecule has 3 heteroatoms. The van der Waals surface area contributed by atoms with Gasteiger partial charge in [-0.2, -0.15) is 0 Å². The van der Waals surface area contributed by atoms with Crippen LogP contribution in [0.2, 0.25) is 0 Å². The maximum absolute atomic E-state index is 12.3. The van der Waals surface area contributed by atoms with Crippen molar-refractivity contribution in [1.29, 1.82) is 0 Å². The fraction of sp³-hybridized carbons (Fsp3) is 0.667. The summed E-state index contributed by atoms with van der Waals surface area (Å²) in [6.45, 7) is 9.26. The third-order valence-electron chi connectivity index (χ3n) is 4.09. The summed E-state index contributed by atoms with van der Waals surface area (Å²) in [5, 5.41) is 0. The van der Waals surface area contributed by atoms with Gasteiger partial charge in [0.1, 0.15) is 11.9 Å². The molecule has 2 rings (SSSR count). The van der Waals surface area contributed by atoms with E-state index in [0.29, 0.717) is 6.42 Å². The van der Waals surface area contributed by atoms with Gasteiger partial charge < -0.3 is 4.74 Å². The Balaban J connectivity index is 1.89. The minimum Gasteiger partial charge on any atom is -0.489 e. The van der Waals surface area contributed by atoms with Gasteiger partial charge in [-0.25, -0.2) is 0 Å². The van der Waals surface area contributed by atoms with Crippen LogP contribution in [0.5, 0.6) is 5.75 Å². The Bertz CT molecular complexity index is 424. The molecule has 0 amide bonds. The van der Waals surface area contributed by atoms with Crippen molar-refractivity contribution in [2.45, 2.75) is 51.6 Å². The first-order valence-electron chi connectivity index (χ1n) is 8.04. The largest absolute Gasteiger partial charge is 0.489 e. The lowest BCUT2D eigenvalue weighted by molar-refractivity contribution is 0.0866. The molecular formula is C18H28FNO. The molecule has 1 aliphatic heterocycles. The van der Waals surface area contributed by atoms with Crippen LogP contribution in [0.3, 0.4) is 0 Å². The molecule has 0 aliphatic carbocycles. The zero-order valence-corrected chi connectivity index (χ0v) is 13.6. The van der Waals surface area contributed by atoms with Crippen LogP contribution in [0, 0.1) is 0 Å². The van der Waals surface area contributed by atoms with E-state index in [9.17, 15) is 4.39 Å². The summed E-state index contributed by atoms with van der Waals surface area (Å²) in [5.41, 5.74) is 1.50. The van der Waals surface area contributed by atoms with E-state index in [0.717, 1.165) is 38.2 Å². The molecule has 118 valence electrons. The van der Waals surface area contributed by atoms with Crippen LogP contribution >= 0.6 is 0 Å². The summed E-state index contributed by atoms with van der Waals surface area (Å²) >= 11 is 0. The highest BCUT2D eigenvalue weighted by molar-refractivity contribution is 5.31. The molecule has 1 fully saturated rings. The highest BCUT2D eigenvalue weighted by Crippen LogP contribution is 2.25. The van der Waals surface area contributed by atoms with Crippen LogP contribution in [0.15, 0.2) is 24.3 Å². The van der Waals surface area contributed by atoms with Gasteiger partial charge in [0, 0.05) is 13.1 Å². The van der Waals surface area contributed by atoms with Gasteiger partial charge >= 0.3 is 0 Å². The first-order chi connectivity index (χ1) is 9.99. The second kappa shape index (κ2) is 7.26. The lowest BCUT2D eigenvalue weighted by Gasteiger charge is -2.32. The zero-order valence-electron chi connectivity index (χ0n) is 13.6. The monoisotopic (exact) mass is 293 g/mol. The average Bonchev–Trinajstić information content (AvgIpc) is 2.45. The summed E-state index contributed by atoms with van der Waals surface area (Å²) in [6, 6.07) is 8.44. The SMILES string of the molecule is CC(C)(C)c1ccc(O[C@H]2CCCN(CCCF)C2)cc1. The van der Waals surface area contributed by atoms with E-state index < -0.39 is 0 Å². The Kier molecular flexibility index (Phi) is 5.63. The van der Waals surface area contributed by atoms with E-state index in [1.165, 1.54) is 5.56 Å². The number of nitrogens with zero attached hydrogens (tertiary/aromatic N) is 1. The molecule has 0 unspecified atom stereocenters. The zero-order chi connectivity index (χ0) is 15.3. The molecular weight excluding hydrogens is 265 g/mol. The van der Waals surface area contributed by atoms with E-state index in [1.807, 2.05) is 0 Å². The Morgan fingerprint density at radius 3 is 2.57 bits per heavy atom. The second-order valence-electron chi connectivity index (χ2n) is 7.00. The molecule has 1 saturated heterocycles. The molecule has 0 saturated carbocycles. The van der Waals surface area contributed by atoms with Gasteiger partial charge in [0.05, 0.1) is 6.67 Å². The number of halogens is 1. The summed E-state index contributed by atoms with van der Waals surface area (Å²) in [6.07, 6.45) is 3.09. The van der Waals surface area contributed by atoms with Crippen LogP contribution in [0.25, 0.3) is 0 Å². The van der Waals surface area contributed by atoms with Crippen LogP contribution in [-0.2, 0) is 5.41 Å². The lowest BCUT2D eigenvalue weighted by atomic mass is 9.87. The Morgan fingerprint density at radius 2 is 1.95 bits per heavy atom. The van der Waals surface area contributed by atoms with Crippen molar-refractivity contribution in [3.63, 3.8) is 0 Å². The van der Waals surface area contributed by atoms with Crippen molar-refractivity contribution >= 4 is 0 Å². The fourth-order valence-corrected chi connectivity index (χ4v) is 2.82. The molecule has 21 heavy (non-hydrogen) atoms. The number of benzene rings is 1. The molecule has 1 aromatic carbocycles. The van der Waals surface area contributed by atoms with Gasteiger partial charge in [0.15, 0.2) is 0 Å². The maximum atomic E-state index is 12.3. The van der Waals surface area contributed by atoms with Crippen molar-refractivity contribution < 1.29 is 9.13 Å². The van der Waals surface area contributed by atoms with Crippen LogP contribution in [0.4, 0.5) is 4.39 Å². The first-order valence-corrected chi connectivity index (χ1v) is 8.04. The quantitative estimate of drug-likeness (QED) is 0.807. The summed E-state index contributed by atoms with van der Waals surface area (Å²) in [4.78, 5) is 2.32. The van der Waals surface area contributed by atoms with Gasteiger partial charge in [-0.05, 0) is 48.9 Å². The van der Waals surface area contributed by atoms with E-state index in [4.69, 9.17) is 4.74 Å². The molecule has 1 aromatic rings. The molecule has 0 aromatic heterocycles. The molecule has 1 aliphatic rings. The highest BCUT2D eigenvalue weighted by atomic mass is 19.1. The van der Waals surface area contributed by atoms with Crippen LogP contribution < -0.4 is 4.74 Å². The van der Waals surface area contributed by atoms with Gasteiger partial charge in [-0.15, -0.1) is 0 Å². The number of rotatable bonds is 5. The number of hydrogen-bond donors (Lipinski definition) is 0. The Labute approximate surface area is 128 Å². The molecule has 0 bridgehead atoms. The van der Waals surface area contributed by atoms with E-state index in [1.54, 1.807) is 0 Å². The summed E-state index contributed by atoms with van der Waals surface area (Å²) in [7, 11) is 0. The Hall–Kier alpha value is -1.09. The summed E-state index contributed by atoms with van der Waals surface area (Å²) < 4.78 is 18.4. The standard InChI is InChI=1S/C18H28FNO/c1-18(2,3)15-7-9-16(10-8-15)21-17-6-4-12-20(14-17)13-5-11-19/h7-10,17H,4-6,11-14H2,1-3H3/t17-/m0/s1. The number of ether oxygens (including phenoxy) is 1. The summed E-state index contributed by atoms with van der Waals surface area (Å²) in [5.74, 6) is 0.945. The molecule has 0 N–H and O–H groups in total. The van der Waals surface area contributed by atoms with Crippen molar-refractivity contribution in [3.05, 3.63) is 29.8 Å². The van der Waals surface area contributed by atoms with Crippen molar-refractivity contribution in [1.82, 2.24) is 4.90 Å². The van der Waals surface area contributed by atoms with E-state index in [2.05, 4.69) is 49.9 Å². The number of piperidine rings is 1. The van der Waals surface area contributed by atoms with Gasteiger partial charge in [0.2, 0.25) is 0 Å². The highest BCUT2D eigenvalue weighted by Gasteiger charge is 2.21. The van der Waals surface area contributed by atoms with Gasteiger partial charge in [-0.1, -0.05) is 32.9 Å². The van der Waals surface area contributed by atoms with Crippen LogP contribution in [-0.4, -0.2) is 37.3 Å². The predicted octanol–water partition coefficient (Wildman–Crippen LogP) is 4.19. The predicted molar refractivity (Wildman–Crippen MR) is 85.8 cm³/mol. The van der Waals surface area contributed by atoms with E-state index in [-0.39, 0.29) is 18.2 Å². The molecule has 2 nitrogen and oxygen atoms in total. The minimum atomic E-state index is -0.226. The molecule has 1 heterocycles. The second-order valence-corrected chi connectivity index (χ2v) is 7.00. The Morgan fingerprint density at radius 1 is 1.24 bits per heavy atom. The van der Waals surface area contributed by atoms with Crippen molar-refractivity contribution in [2.24, 2.45) is 0 Å². The first kappa shape index (κ1) is 16.3. The van der Waals surface area contributed by atoms with Crippen molar-refractivity contribution in [3.8, 4) is 5.75 Å². The van der Waals surface area contributed by atoms with E-state index >= 15 is 0 Å². The number of alkyl halides is 1. The fourth-order valence-electron chi connectivity index (χ4n) is 2.82. The van der Waals surface area contributed by atoms with Gasteiger partial charge in [0.25, 0.3) is 0 Å².